The van der Waals surface area contributed by atoms with Gasteiger partial charge >= 0.3 is 6.18 Å². The number of nitrogens with one attached hydrogen (secondary N) is 2. The number of amides is 1. The summed E-state index contributed by atoms with van der Waals surface area (Å²) >= 11 is 0. The molecule has 6 nitrogen and oxygen atoms in total. The number of aryl methyl sites for hydroxylation is 1. The lowest BCUT2D eigenvalue weighted by molar-refractivity contribution is -0.141. The Morgan fingerprint density at radius 1 is 1.32 bits per heavy atom. The van der Waals surface area contributed by atoms with Crippen LogP contribution in [0, 0.1) is 0 Å². The number of aromatic amines is 1. The van der Waals surface area contributed by atoms with E-state index in [1.165, 1.54) is 0 Å². The molecule has 1 aromatic carbocycles. The lowest BCUT2D eigenvalue weighted by atomic mass is 10.3. The van der Waals surface area contributed by atoms with Gasteiger partial charge in [0.15, 0.2) is 5.69 Å². The van der Waals surface area contributed by atoms with Gasteiger partial charge in [-0.1, -0.05) is 12.1 Å². The molecule has 2 N–H and O–H groups in total. The fraction of sp³-hybridized carbons (Fsp3) is 0.154. The Morgan fingerprint density at radius 2 is 2.05 bits per heavy atom. The number of anilines is 1. The molecule has 0 spiro atoms. The zero-order valence-electron chi connectivity index (χ0n) is 11.3. The smallest absolute Gasteiger partial charge is 0.313 e. The number of alkyl halides is 3. The first-order valence-electron chi connectivity index (χ1n) is 6.21. The number of rotatable bonds is 2. The minimum atomic E-state index is -4.58. The van der Waals surface area contributed by atoms with Crippen molar-refractivity contribution in [2.24, 2.45) is 7.05 Å². The van der Waals surface area contributed by atoms with Crippen LogP contribution < -0.4 is 5.32 Å². The van der Waals surface area contributed by atoms with Gasteiger partial charge in [-0.25, -0.2) is 4.98 Å². The first-order chi connectivity index (χ1) is 10.4. The molecule has 0 aliphatic carbocycles. The number of carbonyl (C=O) groups is 1. The number of aromatic nitrogens is 4. The van der Waals surface area contributed by atoms with Crippen molar-refractivity contribution < 1.29 is 18.0 Å². The van der Waals surface area contributed by atoms with Crippen molar-refractivity contribution in [3.8, 4) is 0 Å². The third-order valence-corrected chi connectivity index (χ3v) is 3.13. The Balaban J connectivity index is 1.87. The van der Waals surface area contributed by atoms with Gasteiger partial charge in [0.2, 0.25) is 5.95 Å². The first-order valence-corrected chi connectivity index (χ1v) is 6.21. The van der Waals surface area contributed by atoms with Crippen LogP contribution in [0.3, 0.4) is 0 Å². The van der Waals surface area contributed by atoms with Crippen molar-refractivity contribution in [3.63, 3.8) is 0 Å². The molecular weight excluding hydrogens is 299 g/mol. The number of benzene rings is 1. The first kappa shape index (κ1) is 14.1. The van der Waals surface area contributed by atoms with Gasteiger partial charge in [-0.2, -0.15) is 18.3 Å². The van der Waals surface area contributed by atoms with Crippen LogP contribution in [-0.2, 0) is 13.2 Å². The molecule has 0 fully saturated rings. The van der Waals surface area contributed by atoms with E-state index in [9.17, 15) is 18.0 Å². The molecule has 3 aromatic rings. The lowest BCUT2D eigenvalue weighted by Gasteiger charge is -2.03. The Hall–Kier alpha value is -2.84. The van der Waals surface area contributed by atoms with Gasteiger partial charge in [-0.3, -0.25) is 15.2 Å². The summed E-state index contributed by atoms with van der Waals surface area (Å²) in [6.45, 7) is 0. The lowest BCUT2D eigenvalue weighted by Crippen LogP contribution is -2.15. The van der Waals surface area contributed by atoms with E-state index < -0.39 is 17.8 Å². The molecule has 2 heterocycles. The zero-order valence-corrected chi connectivity index (χ0v) is 11.3. The van der Waals surface area contributed by atoms with Gasteiger partial charge in [0.05, 0.1) is 11.0 Å². The number of nitrogens with zero attached hydrogens (tertiary/aromatic N) is 3. The molecule has 0 saturated carbocycles. The highest BCUT2D eigenvalue weighted by atomic mass is 19.4. The van der Waals surface area contributed by atoms with E-state index in [-0.39, 0.29) is 11.6 Å². The molecule has 0 radical (unpaired) electrons. The molecular formula is C13H10F3N5O. The SMILES string of the molecule is Cn1c(NC(=O)c2cc(C(F)(F)F)[nH]n2)nc2ccccc21. The fourth-order valence-electron chi connectivity index (χ4n) is 2.01. The van der Waals surface area contributed by atoms with Crippen LogP contribution in [0.25, 0.3) is 11.0 Å². The second-order valence-corrected chi connectivity index (χ2v) is 4.60. The number of halogens is 3. The molecule has 1 amide bonds. The maximum absolute atomic E-state index is 12.5. The quantitative estimate of drug-likeness (QED) is 0.764. The maximum Gasteiger partial charge on any atom is 0.432 e. The van der Waals surface area contributed by atoms with Crippen molar-refractivity contribution in [1.29, 1.82) is 0 Å². The Bertz CT molecular complexity index is 849. The highest BCUT2D eigenvalue weighted by Gasteiger charge is 2.33. The van der Waals surface area contributed by atoms with Gasteiger partial charge in [0, 0.05) is 13.1 Å². The molecule has 0 aliphatic rings. The molecule has 3 rings (SSSR count). The van der Waals surface area contributed by atoms with E-state index in [1.807, 2.05) is 12.1 Å². The minimum Gasteiger partial charge on any atom is -0.313 e. The molecule has 0 aliphatic heterocycles. The Morgan fingerprint density at radius 3 is 2.68 bits per heavy atom. The summed E-state index contributed by atoms with van der Waals surface area (Å²) in [5, 5.41) is 7.60. The maximum atomic E-state index is 12.5. The number of hydrogen-bond donors (Lipinski definition) is 2. The predicted molar refractivity (Wildman–Crippen MR) is 72.3 cm³/mol. The van der Waals surface area contributed by atoms with Gasteiger partial charge in [0.25, 0.3) is 5.91 Å². The Labute approximate surface area is 122 Å². The van der Waals surface area contributed by atoms with Gasteiger partial charge in [-0.15, -0.1) is 0 Å². The van der Waals surface area contributed by atoms with E-state index in [0.717, 1.165) is 5.52 Å². The molecule has 0 saturated heterocycles. The van der Waals surface area contributed by atoms with E-state index in [1.54, 1.807) is 28.8 Å². The minimum absolute atomic E-state index is 0.225. The molecule has 22 heavy (non-hydrogen) atoms. The number of H-pyrrole nitrogens is 1. The monoisotopic (exact) mass is 309 g/mol. The highest BCUT2D eigenvalue weighted by Crippen LogP contribution is 2.27. The fourth-order valence-corrected chi connectivity index (χ4v) is 2.01. The number of carbonyl (C=O) groups excluding carboxylic acids is 1. The second-order valence-electron chi connectivity index (χ2n) is 4.60. The van der Waals surface area contributed by atoms with Gasteiger partial charge in [-0.05, 0) is 12.1 Å². The van der Waals surface area contributed by atoms with Crippen LogP contribution in [0.1, 0.15) is 16.2 Å². The summed E-state index contributed by atoms with van der Waals surface area (Å²) in [6.07, 6.45) is -4.58. The van der Waals surface area contributed by atoms with Crippen LogP contribution in [0.5, 0.6) is 0 Å². The second kappa shape index (κ2) is 4.86. The zero-order chi connectivity index (χ0) is 15.9. The molecule has 0 unspecified atom stereocenters. The number of hydrogen-bond acceptors (Lipinski definition) is 3. The molecule has 9 heteroatoms. The summed E-state index contributed by atoms with van der Waals surface area (Å²) < 4.78 is 39.1. The van der Waals surface area contributed by atoms with Crippen molar-refractivity contribution in [3.05, 3.63) is 41.7 Å². The average Bonchev–Trinajstić information content (AvgIpc) is 3.05. The number of para-hydroxylation sites is 2. The summed E-state index contributed by atoms with van der Waals surface area (Å²) in [4.78, 5) is 16.2. The largest absolute Gasteiger partial charge is 0.432 e. The van der Waals surface area contributed by atoms with Crippen LogP contribution in [-0.4, -0.2) is 25.7 Å². The predicted octanol–water partition coefficient (Wildman–Crippen LogP) is 2.57. The van der Waals surface area contributed by atoms with Gasteiger partial charge in [0.1, 0.15) is 5.69 Å². The molecule has 0 atom stereocenters. The van der Waals surface area contributed by atoms with Crippen molar-refractivity contribution in [1.82, 2.24) is 19.7 Å². The summed E-state index contributed by atoms with van der Waals surface area (Å²) in [5.41, 5.74) is 0.0103. The van der Waals surface area contributed by atoms with Gasteiger partial charge < -0.3 is 4.57 Å². The Kier molecular flexibility index (Phi) is 3.12. The van der Waals surface area contributed by atoms with E-state index in [2.05, 4.69) is 15.4 Å². The van der Waals surface area contributed by atoms with Crippen molar-refractivity contribution in [2.75, 3.05) is 5.32 Å². The molecule has 0 bridgehead atoms. The van der Waals surface area contributed by atoms with Crippen LogP contribution in [0.4, 0.5) is 19.1 Å². The van der Waals surface area contributed by atoms with E-state index in [4.69, 9.17) is 0 Å². The number of fused-ring (bicyclic) bond motifs is 1. The average molecular weight is 309 g/mol. The summed E-state index contributed by atoms with van der Waals surface area (Å²) in [7, 11) is 1.69. The third kappa shape index (κ3) is 2.41. The number of imidazole rings is 1. The van der Waals surface area contributed by atoms with Crippen LogP contribution >= 0.6 is 0 Å². The van der Waals surface area contributed by atoms with E-state index >= 15 is 0 Å². The summed E-state index contributed by atoms with van der Waals surface area (Å²) in [6, 6.07) is 7.84. The van der Waals surface area contributed by atoms with Crippen LogP contribution in [0.15, 0.2) is 30.3 Å². The van der Waals surface area contributed by atoms with E-state index in [0.29, 0.717) is 11.6 Å². The molecule has 2 aromatic heterocycles. The third-order valence-electron chi connectivity index (χ3n) is 3.13. The molecule has 114 valence electrons. The topological polar surface area (TPSA) is 75.6 Å². The summed E-state index contributed by atoms with van der Waals surface area (Å²) in [5.74, 6) is -0.548. The van der Waals surface area contributed by atoms with Crippen molar-refractivity contribution in [2.45, 2.75) is 6.18 Å². The van der Waals surface area contributed by atoms with Crippen molar-refractivity contribution >= 4 is 22.9 Å². The normalized spacial score (nSPS) is 11.8. The standard InChI is InChI=1S/C13H10F3N5O/c1-21-9-5-3-2-4-7(9)17-12(21)18-11(22)8-6-10(20-19-8)13(14,15)16/h2-6H,1H3,(H,19,20)(H,17,18,22). The highest BCUT2D eigenvalue weighted by molar-refractivity contribution is 6.02. The van der Waals surface area contributed by atoms with Crippen LogP contribution in [0.2, 0.25) is 0 Å².